The smallest absolute Gasteiger partial charge is 0.311 e. The third-order valence-corrected chi connectivity index (χ3v) is 5.31. The number of ether oxygens (including phenoxy) is 1. The lowest BCUT2D eigenvalue weighted by Gasteiger charge is -2.05. The second-order valence-electron chi connectivity index (χ2n) is 5.52. The number of hydrogen-bond donors (Lipinski definition) is 1. The number of thioether (sulfide) groups is 1. The number of aromatic nitrogens is 1. The maximum Gasteiger partial charge on any atom is 0.311 e. The molecule has 1 aromatic heterocycles. The van der Waals surface area contributed by atoms with Gasteiger partial charge in [-0.05, 0) is 44.0 Å². The molecule has 2 aromatic rings. The molecule has 0 radical (unpaired) electrons. The normalized spacial score (nSPS) is 10.5. The molecule has 1 amide bonds. The summed E-state index contributed by atoms with van der Waals surface area (Å²) in [5.74, 6) is 0.318. The van der Waals surface area contributed by atoms with Gasteiger partial charge in [-0.2, -0.15) is 0 Å². The van der Waals surface area contributed by atoms with Crippen molar-refractivity contribution in [3.05, 3.63) is 40.4 Å². The first-order chi connectivity index (χ1) is 12.0. The van der Waals surface area contributed by atoms with Crippen LogP contribution in [0.15, 0.2) is 28.5 Å². The molecule has 1 N–H and O–H groups in total. The fourth-order valence-corrected chi connectivity index (χ4v) is 3.73. The number of thiazole rings is 1. The molecule has 0 saturated carbocycles. The van der Waals surface area contributed by atoms with E-state index in [1.54, 1.807) is 24.1 Å². The highest BCUT2D eigenvalue weighted by molar-refractivity contribution is 7.99. The first-order valence-electron chi connectivity index (χ1n) is 8.08. The highest BCUT2D eigenvalue weighted by Gasteiger charge is 2.10. The fraction of sp³-hybridized carbons (Fsp3) is 0.389. The van der Waals surface area contributed by atoms with Gasteiger partial charge in [-0.1, -0.05) is 6.07 Å². The number of hydrogen-bond acceptors (Lipinski definition) is 6. The summed E-state index contributed by atoms with van der Waals surface area (Å²) in [4.78, 5) is 28.8. The first-order valence-corrected chi connectivity index (χ1v) is 9.94. The van der Waals surface area contributed by atoms with Crippen LogP contribution < -0.4 is 5.32 Å². The molecule has 1 heterocycles. The fourth-order valence-electron chi connectivity index (χ4n) is 2.05. The summed E-state index contributed by atoms with van der Waals surface area (Å²) in [6.45, 7) is 6.29. The number of anilines is 1. The van der Waals surface area contributed by atoms with E-state index in [1.807, 2.05) is 0 Å². The molecule has 0 atom stereocenters. The molecule has 7 heteroatoms. The average molecular weight is 379 g/mol. The zero-order valence-corrected chi connectivity index (χ0v) is 16.3. The molecule has 134 valence electrons. The Hall–Kier alpha value is -1.86. The van der Waals surface area contributed by atoms with E-state index in [2.05, 4.69) is 42.3 Å². The Morgan fingerprint density at radius 2 is 2.08 bits per heavy atom. The highest BCUT2D eigenvalue weighted by atomic mass is 32.2. The van der Waals surface area contributed by atoms with E-state index >= 15 is 0 Å². The van der Waals surface area contributed by atoms with E-state index in [9.17, 15) is 9.59 Å². The Kier molecular flexibility index (Phi) is 7.46. The Labute approximate surface area is 156 Å². The number of aryl methyl sites for hydroxylation is 2. The molecule has 0 bridgehead atoms. The van der Waals surface area contributed by atoms with Gasteiger partial charge in [-0.3, -0.25) is 9.59 Å². The quantitative estimate of drug-likeness (QED) is 0.556. The third kappa shape index (κ3) is 6.51. The summed E-state index contributed by atoms with van der Waals surface area (Å²) in [6, 6.07) is 6.31. The Morgan fingerprint density at radius 3 is 2.80 bits per heavy atom. The van der Waals surface area contributed by atoms with Crippen molar-refractivity contribution in [2.45, 2.75) is 38.5 Å². The minimum atomic E-state index is -0.310. The Balaban J connectivity index is 1.75. The van der Waals surface area contributed by atoms with Gasteiger partial charge in [-0.15, -0.1) is 23.1 Å². The van der Waals surface area contributed by atoms with E-state index in [-0.39, 0.29) is 18.3 Å². The van der Waals surface area contributed by atoms with E-state index < -0.39 is 0 Å². The second kappa shape index (κ2) is 9.58. The van der Waals surface area contributed by atoms with Crippen molar-refractivity contribution in [2.75, 3.05) is 17.7 Å². The van der Waals surface area contributed by atoms with E-state index in [0.717, 1.165) is 0 Å². The van der Waals surface area contributed by atoms with Gasteiger partial charge in [0.05, 0.1) is 18.7 Å². The Bertz CT molecular complexity index is 744. The molecule has 1 aromatic carbocycles. The lowest BCUT2D eigenvalue weighted by Crippen LogP contribution is -2.12. The van der Waals surface area contributed by atoms with Crippen LogP contribution in [-0.4, -0.2) is 29.2 Å². The van der Waals surface area contributed by atoms with Crippen molar-refractivity contribution in [3.8, 4) is 0 Å². The highest BCUT2D eigenvalue weighted by Crippen LogP contribution is 2.22. The molecule has 2 rings (SSSR count). The number of esters is 1. The third-order valence-electron chi connectivity index (χ3n) is 3.51. The van der Waals surface area contributed by atoms with Gasteiger partial charge < -0.3 is 10.1 Å². The topological polar surface area (TPSA) is 68.3 Å². The molecule has 0 saturated heterocycles. The summed E-state index contributed by atoms with van der Waals surface area (Å²) >= 11 is 2.98. The van der Waals surface area contributed by atoms with Gasteiger partial charge in [0.2, 0.25) is 5.91 Å². The molecule has 0 aliphatic heterocycles. The average Bonchev–Trinajstić information content (AvgIpc) is 2.97. The van der Waals surface area contributed by atoms with Crippen molar-refractivity contribution in [2.24, 2.45) is 0 Å². The minimum absolute atomic E-state index is 0.0756. The minimum Gasteiger partial charge on any atom is -0.466 e. The molecule has 0 unspecified atom stereocenters. The van der Waals surface area contributed by atoms with Crippen LogP contribution in [-0.2, 0) is 20.7 Å². The molecule has 25 heavy (non-hydrogen) atoms. The zero-order valence-electron chi connectivity index (χ0n) is 14.6. The molecule has 0 aliphatic carbocycles. The standard InChI is InChI=1S/C18H22N2O3S2/c1-4-23-17(22)10-14-11-25-18(19-14)20-16(21)7-8-24-15-6-5-12(2)13(3)9-15/h5-6,9,11H,4,7-8,10H2,1-3H3,(H,19,20,21). The molecule has 5 nitrogen and oxygen atoms in total. The summed E-state index contributed by atoms with van der Waals surface area (Å²) in [5.41, 5.74) is 3.14. The lowest BCUT2D eigenvalue weighted by molar-refractivity contribution is -0.142. The lowest BCUT2D eigenvalue weighted by atomic mass is 10.1. The predicted molar refractivity (Wildman–Crippen MR) is 102 cm³/mol. The van der Waals surface area contributed by atoms with Crippen molar-refractivity contribution >= 4 is 40.1 Å². The van der Waals surface area contributed by atoms with Gasteiger partial charge in [0.1, 0.15) is 0 Å². The van der Waals surface area contributed by atoms with Crippen LogP contribution in [0.2, 0.25) is 0 Å². The number of amides is 1. The van der Waals surface area contributed by atoms with Crippen LogP contribution in [0, 0.1) is 13.8 Å². The molecular weight excluding hydrogens is 356 g/mol. The number of carbonyl (C=O) groups is 2. The van der Waals surface area contributed by atoms with Gasteiger partial charge in [-0.25, -0.2) is 4.98 Å². The molecule has 0 spiro atoms. The number of carbonyl (C=O) groups excluding carboxylic acids is 2. The van der Waals surface area contributed by atoms with E-state index in [4.69, 9.17) is 4.74 Å². The van der Waals surface area contributed by atoms with Crippen LogP contribution in [0.4, 0.5) is 5.13 Å². The van der Waals surface area contributed by atoms with Crippen LogP contribution in [0.3, 0.4) is 0 Å². The monoisotopic (exact) mass is 378 g/mol. The number of rotatable bonds is 8. The number of nitrogens with zero attached hydrogens (tertiary/aromatic N) is 1. The predicted octanol–water partition coefficient (Wildman–Crippen LogP) is 3.99. The van der Waals surface area contributed by atoms with Crippen molar-refractivity contribution < 1.29 is 14.3 Å². The van der Waals surface area contributed by atoms with Crippen LogP contribution >= 0.6 is 23.1 Å². The molecule has 0 aliphatic rings. The van der Waals surface area contributed by atoms with Crippen LogP contribution in [0.25, 0.3) is 0 Å². The largest absolute Gasteiger partial charge is 0.466 e. The van der Waals surface area contributed by atoms with Crippen molar-refractivity contribution in [3.63, 3.8) is 0 Å². The summed E-state index contributed by atoms with van der Waals surface area (Å²) in [6.07, 6.45) is 0.535. The number of benzene rings is 1. The molecular formula is C18H22N2O3S2. The van der Waals surface area contributed by atoms with Gasteiger partial charge in [0.15, 0.2) is 5.13 Å². The summed E-state index contributed by atoms with van der Waals surface area (Å²) in [5, 5.41) is 5.05. The maximum absolute atomic E-state index is 12.0. The summed E-state index contributed by atoms with van der Waals surface area (Å²) < 4.78 is 4.88. The molecule has 0 fully saturated rings. The maximum atomic E-state index is 12.0. The second-order valence-corrected chi connectivity index (χ2v) is 7.54. The van der Waals surface area contributed by atoms with E-state index in [1.165, 1.54) is 27.4 Å². The SMILES string of the molecule is CCOC(=O)Cc1csc(NC(=O)CCSc2ccc(C)c(C)c2)n1. The van der Waals surface area contributed by atoms with Crippen LogP contribution in [0.5, 0.6) is 0 Å². The van der Waals surface area contributed by atoms with Crippen molar-refractivity contribution in [1.82, 2.24) is 4.98 Å². The summed E-state index contributed by atoms with van der Waals surface area (Å²) in [7, 11) is 0. The number of nitrogens with one attached hydrogen (secondary N) is 1. The van der Waals surface area contributed by atoms with Gasteiger partial charge >= 0.3 is 5.97 Å². The van der Waals surface area contributed by atoms with Crippen molar-refractivity contribution in [1.29, 1.82) is 0 Å². The van der Waals surface area contributed by atoms with Crippen LogP contribution in [0.1, 0.15) is 30.2 Å². The Morgan fingerprint density at radius 1 is 1.28 bits per heavy atom. The zero-order chi connectivity index (χ0) is 18.2. The van der Waals surface area contributed by atoms with E-state index in [0.29, 0.717) is 29.6 Å². The van der Waals surface area contributed by atoms with Gasteiger partial charge in [0, 0.05) is 22.4 Å². The first kappa shape index (κ1) is 19.5. The van der Waals surface area contributed by atoms with Gasteiger partial charge in [0.25, 0.3) is 0 Å².